The summed E-state index contributed by atoms with van der Waals surface area (Å²) in [6.45, 7) is 4.51. The molecule has 1 N–H and O–H groups in total. The minimum Gasteiger partial charge on any atom is -0.378 e. The van der Waals surface area contributed by atoms with Crippen LogP contribution < -0.4 is 5.32 Å². The molecule has 0 bridgehead atoms. The number of aryl methyl sites for hydroxylation is 1. The van der Waals surface area contributed by atoms with E-state index in [0.29, 0.717) is 37.6 Å². The highest BCUT2D eigenvalue weighted by Gasteiger charge is 2.27. The highest BCUT2D eigenvalue weighted by atomic mass is 32.2. The van der Waals surface area contributed by atoms with Gasteiger partial charge in [-0.3, -0.25) is 4.79 Å². The molecule has 0 aliphatic carbocycles. The van der Waals surface area contributed by atoms with Gasteiger partial charge in [0.05, 0.1) is 30.6 Å². The standard InChI is InChI=1S/C21H32N2O5S/c1-17-8-9-18(22-21(24)10-14-27-16-19-7-6-13-28-19)15-20(17)29(25,26)23-11-4-2-3-5-12-23/h8-9,15,19H,2-7,10-14,16H2,1H3,(H,22,24). The van der Waals surface area contributed by atoms with E-state index < -0.39 is 10.0 Å². The monoisotopic (exact) mass is 424 g/mol. The Balaban J connectivity index is 1.57. The molecule has 2 saturated heterocycles. The van der Waals surface area contributed by atoms with Crippen molar-refractivity contribution in [1.82, 2.24) is 4.31 Å². The number of nitrogens with one attached hydrogen (secondary N) is 1. The van der Waals surface area contributed by atoms with E-state index in [1.165, 1.54) is 0 Å². The summed E-state index contributed by atoms with van der Waals surface area (Å²) >= 11 is 0. The number of hydrogen-bond donors (Lipinski definition) is 1. The first-order valence-electron chi connectivity index (χ1n) is 10.6. The van der Waals surface area contributed by atoms with Crippen molar-refractivity contribution >= 4 is 21.6 Å². The summed E-state index contributed by atoms with van der Waals surface area (Å²) in [4.78, 5) is 12.5. The summed E-state index contributed by atoms with van der Waals surface area (Å²) in [5, 5.41) is 2.79. The summed E-state index contributed by atoms with van der Waals surface area (Å²) < 4.78 is 38.8. The molecule has 3 rings (SSSR count). The zero-order valence-electron chi connectivity index (χ0n) is 17.2. The van der Waals surface area contributed by atoms with Crippen LogP contribution in [0, 0.1) is 6.92 Å². The Bertz CT molecular complexity index is 782. The zero-order chi connectivity index (χ0) is 20.7. The van der Waals surface area contributed by atoms with Gasteiger partial charge in [0, 0.05) is 25.4 Å². The maximum atomic E-state index is 13.1. The van der Waals surface area contributed by atoms with Gasteiger partial charge in [0.25, 0.3) is 0 Å². The summed E-state index contributed by atoms with van der Waals surface area (Å²) in [5.74, 6) is -0.195. The first-order chi connectivity index (χ1) is 14.0. The van der Waals surface area contributed by atoms with Gasteiger partial charge in [-0.05, 0) is 50.3 Å². The number of carbonyl (C=O) groups excluding carboxylic acids is 1. The Labute approximate surface area is 173 Å². The highest BCUT2D eigenvalue weighted by Crippen LogP contribution is 2.26. The number of carbonyl (C=O) groups is 1. The van der Waals surface area contributed by atoms with Crippen molar-refractivity contribution < 1.29 is 22.7 Å². The lowest BCUT2D eigenvalue weighted by molar-refractivity contribution is -0.117. The van der Waals surface area contributed by atoms with Crippen LogP contribution in [0.5, 0.6) is 0 Å². The van der Waals surface area contributed by atoms with Crippen molar-refractivity contribution in [1.29, 1.82) is 0 Å². The van der Waals surface area contributed by atoms with Crippen LogP contribution in [-0.4, -0.2) is 57.6 Å². The van der Waals surface area contributed by atoms with Crippen molar-refractivity contribution in [2.45, 2.75) is 62.9 Å². The first-order valence-corrected chi connectivity index (χ1v) is 12.0. The normalized spacial score (nSPS) is 21.1. The van der Waals surface area contributed by atoms with E-state index in [-0.39, 0.29) is 23.3 Å². The number of sulfonamides is 1. The van der Waals surface area contributed by atoms with Crippen LogP contribution in [-0.2, 0) is 24.3 Å². The summed E-state index contributed by atoms with van der Waals surface area (Å²) in [6.07, 6.45) is 6.33. The van der Waals surface area contributed by atoms with Gasteiger partial charge in [-0.2, -0.15) is 4.31 Å². The van der Waals surface area contributed by atoms with Crippen LogP contribution in [0.1, 0.15) is 50.5 Å². The molecule has 29 heavy (non-hydrogen) atoms. The average molecular weight is 425 g/mol. The average Bonchev–Trinajstić information content (AvgIpc) is 3.05. The molecule has 2 aliphatic rings. The number of rotatable bonds is 8. The topological polar surface area (TPSA) is 84.9 Å². The number of amides is 1. The lowest BCUT2D eigenvalue weighted by atomic mass is 10.2. The van der Waals surface area contributed by atoms with Gasteiger partial charge in [-0.25, -0.2) is 8.42 Å². The fraction of sp³-hybridized carbons (Fsp3) is 0.667. The van der Waals surface area contributed by atoms with Gasteiger partial charge in [0.1, 0.15) is 0 Å². The van der Waals surface area contributed by atoms with Crippen LogP contribution in [0.4, 0.5) is 5.69 Å². The lowest BCUT2D eigenvalue weighted by Crippen LogP contribution is -2.32. The lowest BCUT2D eigenvalue weighted by Gasteiger charge is -2.21. The molecule has 2 heterocycles. The molecule has 1 aromatic rings. The predicted molar refractivity (Wildman–Crippen MR) is 111 cm³/mol. The fourth-order valence-corrected chi connectivity index (χ4v) is 5.52. The minimum absolute atomic E-state index is 0.141. The van der Waals surface area contributed by atoms with Gasteiger partial charge in [0.2, 0.25) is 15.9 Å². The largest absolute Gasteiger partial charge is 0.378 e. The Kier molecular flexibility index (Phi) is 8.06. The Morgan fingerprint density at radius 2 is 1.97 bits per heavy atom. The smallest absolute Gasteiger partial charge is 0.243 e. The van der Waals surface area contributed by atoms with Gasteiger partial charge in [-0.1, -0.05) is 18.9 Å². The molecule has 8 heteroatoms. The molecule has 0 saturated carbocycles. The number of nitrogens with zero attached hydrogens (tertiary/aromatic N) is 1. The van der Waals surface area contributed by atoms with E-state index in [1.54, 1.807) is 29.4 Å². The highest BCUT2D eigenvalue weighted by molar-refractivity contribution is 7.89. The summed E-state index contributed by atoms with van der Waals surface area (Å²) in [5.41, 5.74) is 1.18. The van der Waals surface area contributed by atoms with Crippen molar-refractivity contribution in [2.24, 2.45) is 0 Å². The van der Waals surface area contributed by atoms with Crippen LogP contribution in [0.15, 0.2) is 23.1 Å². The number of hydrogen-bond acceptors (Lipinski definition) is 5. The van der Waals surface area contributed by atoms with E-state index in [4.69, 9.17) is 9.47 Å². The van der Waals surface area contributed by atoms with Crippen molar-refractivity contribution in [3.05, 3.63) is 23.8 Å². The van der Waals surface area contributed by atoms with E-state index in [1.807, 2.05) is 0 Å². The molecule has 162 valence electrons. The number of ether oxygens (including phenoxy) is 2. The molecule has 2 fully saturated rings. The van der Waals surface area contributed by atoms with Gasteiger partial charge < -0.3 is 14.8 Å². The predicted octanol–water partition coefficient (Wildman–Crippen LogP) is 3.08. The second-order valence-electron chi connectivity index (χ2n) is 7.81. The fourth-order valence-electron chi connectivity index (χ4n) is 3.76. The van der Waals surface area contributed by atoms with Crippen LogP contribution in [0.25, 0.3) is 0 Å². The van der Waals surface area contributed by atoms with Crippen molar-refractivity contribution in [3.63, 3.8) is 0 Å². The number of anilines is 1. The minimum atomic E-state index is -3.56. The van der Waals surface area contributed by atoms with Crippen LogP contribution in [0.3, 0.4) is 0 Å². The van der Waals surface area contributed by atoms with Gasteiger partial charge >= 0.3 is 0 Å². The molecular weight excluding hydrogens is 392 g/mol. The Morgan fingerprint density at radius 3 is 2.66 bits per heavy atom. The van der Waals surface area contributed by atoms with Crippen molar-refractivity contribution in [3.8, 4) is 0 Å². The summed E-state index contributed by atoms with van der Waals surface area (Å²) in [6, 6.07) is 5.05. The van der Waals surface area contributed by atoms with Crippen LogP contribution >= 0.6 is 0 Å². The number of benzene rings is 1. The van der Waals surface area contributed by atoms with Crippen molar-refractivity contribution in [2.75, 3.05) is 38.2 Å². The maximum Gasteiger partial charge on any atom is 0.243 e. The first kappa shape index (κ1) is 22.2. The molecule has 1 atom stereocenters. The molecule has 0 aromatic heterocycles. The quantitative estimate of drug-likeness (QED) is 0.648. The third kappa shape index (κ3) is 6.25. The Hall–Kier alpha value is -1.48. The second-order valence-corrected chi connectivity index (χ2v) is 9.71. The molecule has 0 spiro atoms. The van der Waals surface area contributed by atoms with E-state index in [2.05, 4.69) is 5.32 Å². The third-order valence-corrected chi connectivity index (χ3v) is 7.50. The molecular formula is C21H32N2O5S. The Morgan fingerprint density at radius 1 is 1.21 bits per heavy atom. The summed E-state index contributed by atoms with van der Waals surface area (Å²) in [7, 11) is -3.56. The van der Waals surface area contributed by atoms with E-state index in [0.717, 1.165) is 45.1 Å². The zero-order valence-corrected chi connectivity index (χ0v) is 18.0. The molecule has 0 radical (unpaired) electrons. The van der Waals surface area contributed by atoms with E-state index in [9.17, 15) is 13.2 Å². The van der Waals surface area contributed by atoms with Gasteiger partial charge in [-0.15, -0.1) is 0 Å². The molecule has 7 nitrogen and oxygen atoms in total. The molecule has 2 aliphatic heterocycles. The molecule has 1 amide bonds. The van der Waals surface area contributed by atoms with E-state index >= 15 is 0 Å². The SMILES string of the molecule is Cc1ccc(NC(=O)CCOCC2CCCO2)cc1S(=O)(=O)N1CCCCCC1. The molecule has 1 aromatic carbocycles. The second kappa shape index (κ2) is 10.5. The maximum absolute atomic E-state index is 13.1. The molecule has 1 unspecified atom stereocenters. The van der Waals surface area contributed by atoms with Crippen LogP contribution in [0.2, 0.25) is 0 Å². The third-order valence-electron chi connectivity index (χ3n) is 5.46. The van der Waals surface area contributed by atoms with Gasteiger partial charge in [0.15, 0.2) is 0 Å².